The molecule has 0 amide bonds. The molecule has 0 spiro atoms. The Kier molecular flexibility index (Phi) is 3.09. The smallest absolute Gasteiger partial charge is 0.373 e. The van der Waals surface area contributed by atoms with Crippen molar-refractivity contribution in [2.24, 2.45) is 7.05 Å². The lowest BCUT2D eigenvalue weighted by molar-refractivity contribution is 0.421. The lowest BCUT2D eigenvalue weighted by Crippen LogP contribution is -2.22. The number of rotatable bonds is 1. The van der Waals surface area contributed by atoms with Crippen LogP contribution in [0.15, 0.2) is 38.3 Å². The van der Waals surface area contributed by atoms with Crippen molar-refractivity contribution >= 4 is 23.2 Å². The molecular weight excluding hydrogens is 265 g/mol. The fraction of sp³-hybridized carbons (Fsp3) is 0.0909. The molecule has 0 fully saturated rings. The lowest BCUT2D eigenvalue weighted by atomic mass is 10.1. The molecule has 0 aliphatic rings. The molecule has 0 aliphatic carbocycles. The third-order valence-electron chi connectivity index (χ3n) is 2.29. The molecule has 0 unspecified atom stereocenters. The average Bonchev–Trinajstić information content (AvgIpc) is 2.27. The molecule has 0 N–H and O–H groups in total. The molecule has 1 aromatic heterocycles. The van der Waals surface area contributed by atoms with Crippen LogP contribution in [-0.2, 0) is 7.05 Å². The van der Waals surface area contributed by atoms with Gasteiger partial charge in [0.25, 0.3) is 0 Å². The second-order valence-corrected chi connectivity index (χ2v) is 4.22. The second-order valence-electron chi connectivity index (χ2n) is 3.40. The van der Waals surface area contributed by atoms with E-state index in [9.17, 15) is 9.59 Å². The van der Waals surface area contributed by atoms with Gasteiger partial charge in [-0.2, -0.15) is 0 Å². The Labute approximate surface area is 106 Å². The van der Waals surface area contributed by atoms with Crippen LogP contribution in [0.3, 0.4) is 0 Å². The summed E-state index contributed by atoms with van der Waals surface area (Å²) in [5.74, 6) is -0.724. The minimum Gasteiger partial charge on any atom is -0.373 e. The van der Waals surface area contributed by atoms with Crippen LogP contribution in [0, 0.1) is 0 Å². The summed E-state index contributed by atoms with van der Waals surface area (Å²) in [7, 11) is 1.50. The first-order valence-electron chi connectivity index (χ1n) is 4.65. The minimum absolute atomic E-state index is 0.352. The average molecular weight is 272 g/mol. The molecule has 0 radical (unpaired) electrons. The highest BCUT2D eigenvalue weighted by Gasteiger charge is 2.08. The molecule has 0 aliphatic heterocycles. The Morgan fingerprint density at radius 3 is 2.47 bits per heavy atom. The van der Waals surface area contributed by atoms with Gasteiger partial charge in [-0.3, -0.25) is 4.57 Å². The van der Waals surface area contributed by atoms with E-state index < -0.39 is 11.4 Å². The van der Waals surface area contributed by atoms with E-state index in [1.54, 1.807) is 18.2 Å². The van der Waals surface area contributed by atoms with Crippen molar-refractivity contribution in [3.05, 3.63) is 55.3 Å². The monoisotopic (exact) mass is 271 g/mol. The van der Waals surface area contributed by atoms with Gasteiger partial charge >= 0.3 is 11.4 Å². The van der Waals surface area contributed by atoms with Crippen LogP contribution in [0.25, 0.3) is 11.3 Å². The van der Waals surface area contributed by atoms with Gasteiger partial charge in [-0.15, -0.1) is 0 Å². The first-order chi connectivity index (χ1) is 7.99. The van der Waals surface area contributed by atoms with E-state index in [1.165, 1.54) is 17.7 Å². The van der Waals surface area contributed by atoms with Gasteiger partial charge in [-0.1, -0.05) is 29.3 Å². The Hall–Kier alpha value is -1.52. The van der Waals surface area contributed by atoms with Crippen molar-refractivity contribution in [2.45, 2.75) is 0 Å². The molecule has 0 saturated heterocycles. The summed E-state index contributed by atoms with van der Waals surface area (Å²) in [5.41, 5.74) is 0.339. The van der Waals surface area contributed by atoms with Crippen molar-refractivity contribution in [2.75, 3.05) is 0 Å². The van der Waals surface area contributed by atoms with Crippen molar-refractivity contribution in [1.29, 1.82) is 0 Å². The highest BCUT2D eigenvalue weighted by molar-refractivity contribution is 6.42. The van der Waals surface area contributed by atoms with Gasteiger partial charge in [0.05, 0.1) is 15.7 Å². The Morgan fingerprint density at radius 1 is 1.12 bits per heavy atom. The van der Waals surface area contributed by atoms with E-state index in [1.807, 2.05) is 0 Å². The Morgan fingerprint density at radius 2 is 1.82 bits per heavy atom. The Balaban J connectivity index is 2.72. The summed E-state index contributed by atoms with van der Waals surface area (Å²) in [5, 5.41) is 0.758. The summed E-state index contributed by atoms with van der Waals surface area (Å²) in [6, 6.07) is 6.07. The fourth-order valence-corrected chi connectivity index (χ4v) is 1.72. The van der Waals surface area contributed by atoms with Gasteiger partial charge in [0, 0.05) is 18.7 Å². The van der Waals surface area contributed by atoms with Gasteiger partial charge in [0.2, 0.25) is 0 Å². The highest BCUT2D eigenvalue weighted by atomic mass is 35.5. The molecule has 1 aromatic carbocycles. The van der Waals surface area contributed by atoms with Crippen LogP contribution in [0.4, 0.5) is 0 Å². The number of benzene rings is 1. The standard InChI is InChI=1S/C11H7Cl2NO3/c1-14-9(5-10(15)17-11(14)16)6-2-3-7(12)8(13)4-6/h2-5H,1H3. The van der Waals surface area contributed by atoms with Gasteiger partial charge in [-0.25, -0.2) is 9.59 Å². The van der Waals surface area contributed by atoms with Crippen LogP contribution < -0.4 is 11.4 Å². The van der Waals surface area contributed by atoms with E-state index >= 15 is 0 Å². The zero-order chi connectivity index (χ0) is 12.6. The third kappa shape index (κ3) is 2.28. The lowest BCUT2D eigenvalue weighted by Gasteiger charge is -2.06. The molecule has 0 saturated carbocycles. The van der Waals surface area contributed by atoms with E-state index in [0.717, 1.165) is 0 Å². The van der Waals surface area contributed by atoms with Gasteiger partial charge < -0.3 is 4.42 Å². The summed E-state index contributed by atoms with van der Waals surface area (Å²) in [6.45, 7) is 0. The zero-order valence-electron chi connectivity index (χ0n) is 8.74. The van der Waals surface area contributed by atoms with Crippen molar-refractivity contribution in [3.63, 3.8) is 0 Å². The zero-order valence-corrected chi connectivity index (χ0v) is 10.2. The molecule has 6 heteroatoms. The summed E-state index contributed by atoms with van der Waals surface area (Å²) >= 11 is 11.7. The molecule has 2 rings (SSSR count). The van der Waals surface area contributed by atoms with Gasteiger partial charge in [0.1, 0.15) is 0 Å². The maximum Gasteiger partial charge on any atom is 0.422 e. The van der Waals surface area contributed by atoms with Crippen LogP contribution in [0.5, 0.6) is 0 Å². The van der Waals surface area contributed by atoms with E-state index in [2.05, 4.69) is 4.42 Å². The molecule has 88 valence electrons. The minimum atomic E-state index is -0.724. The number of aromatic nitrogens is 1. The van der Waals surface area contributed by atoms with E-state index in [-0.39, 0.29) is 0 Å². The van der Waals surface area contributed by atoms with E-state index in [0.29, 0.717) is 21.3 Å². The van der Waals surface area contributed by atoms with Gasteiger partial charge in [0.15, 0.2) is 0 Å². The van der Waals surface area contributed by atoms with Crippen LogP contribution in [-0.4, -0.2) is 4.57 Å². The van der Waals surface area contributed by atoms with Crippen LogP contribution >= 0.6 is 23.2 Å². The quantitative estimate of drug-likeness (QED) is 0.800. The molecule has 4 nitrogen and oxygen atoms in total. The largest absolute Gasteiger partial charge is 0.422 e. The van der Waals surface area contributed by atoms with Crippen LogP contribution in [0.1, 0.15) is 0 Å². The second kappa shape index (κ2) is 4.39. The molecule has 17 heavy (non-hydrogen) atoms. The maximum absolute atomic E-state index is 11.3. The summed E-state index contributed by atoms with van der Waals surface area (Å²) < 4.78 is 5.64. The third-order valence-corrected chi connectivity index (χ3v) is 3.03. The molecule has 0 bridgehead atoms. The predicted octanol–water partition coefficient (Wildman–Crippen LogP) is 2.31. The summed E-state index contributed by atoms with van der Waals surface area (Å²) in [6.07, 6.45) is 0. The first-order valence-corrected chi connectivity index (χ1v) is 5.41. The first kappa shape index (κ1) is 12.0. The molecular formula is C11H7Cl2NO3. The van der Waals surface area contributed by atoms with Crippen molar-refractivity contribution in [1.82, 2.24) is 4.57 Å². The summed E-state index contributed by atoms with van der Waals surface area (Å²) in [4.78, 5) is 22.5. The number of nitrogens with zero attached hydrogens (tertiary/aromatic N) is 1. The number of halogens is 2. The van der Waals surface area contributed by atoms with Crippen molar-refractivity contribution < 1.29 is 4.42 Å². The fourth-order valence-electron chi connectivity index (χ4n) is 1.42. The molecule has 0 atom stereocenters. The SMILES string of the molecule is Cn1c(-c2ccc(Cl)c(Cl)c2)cc(=O)oc1=O. The number of hydrogen-bond donors (Lipinski definition) is 0. The van der Waals surface area contributed by atoms with E-state index in [4.69, 9.17) is 23.2 Å². The maximum atomic E-state index is 11.3. The highest BCUT2D eigenvalue weighted by Crippen LogP contribution is 2.27. The molecule has 1 heterocycles. The normalized spacial score (nSPS) is 10.5. The predicted molar refractivity (Wildman–Crippen MR) is 65.7 cm³/mol. The van der Waals surface area contributed by atoms with Crippen molar-refractivity contribution in [3.8, 4) is 11.3 Å². The Bertz CT molecular complexity index is 688. The topological polar surface area (TPSA) is 52.2 Å². The van der Waals surface area contributed by atoms with Crippen LogP contribution in [0.2, 0.25) is 10.0 Å². The van der Waals surface area contributed by atoms with Gasteiger partial charge in [-0.05, 0) is 12.1 Å². The molecule has 2 aromatic rings. The number of hydrogen-bond acceptors (Lipinski definition) is 3.